The van der Waals surface area contributed by atoms with Gasteiger partial charge in [0.1, 0.15) is 5.82 Å². The van der Waals surface area contributed by atoms with Gasteiger partial charge in [0.05, 0.1) is 19.5 Å². The van der Waals surface area contributed by atoms with Crippen molar-refractivity contribution < 1.29 is 23.8 Å². The molecule has 2 aliphatic carbocycles. The molecular formula is C29H42FN3O4. The quantitative estimate of drug-likeness (QED) is 0.463. The molecule has 0 bridgehead atoms. The molecule has 1 aliphatic heterocycles. The van der Waals surface area contributed by atoms with E-state index in [4.69, 9.17) is 4.74 Å². The highest BCUT2D eigenvalue weighted by Crippen LogP contribution is 2.47. The maximum absolute atomic E-state index is 14.0. The number of hydrogen-bond donors (Lipinski definition) is 1. The lowest BCUT2D eigenvalue weighted by molar-refractivity contribution is -0.148. The van der Waals surface area contributed by atoms with E-state index < -0.39 is 17.5 Å². The molecule has 1 N–H and O–H groups in total. The summed E-state index contributed by atoms with van der Waals surface area (Å²) in [5.41, 5.74) is -0.355. The first kappa shape index (κ1) is 27.6. The van der Waals surface area contributed by atoms with E-state index in [1.807, 2.05) is 20.2 Å². The molecule has 3 unspecified atom stereocenters. The highest BCUT2D eigenvalue weighted by molar-refractivity contribution is 5.86. The minimum Gasteiger partial charge on any atom is -0.479 e. The maximum Gasteiger partial charge on any atom is 0.333 e. The normalized spacial score (nSPS) is 29.4. The number of methoxy groups -OCH3 is 1. The van der Waals surface area contributed by atoms with Gasteiger partial charge in [-0.2, -0.15) is 0 Å². The predicted octanol–water partition coefficient (Wildman–Crippen LogP) is 5.06. The van der Waals surface area contributed by atoms with Crippen molar-refractivity contribution in [3.8, 4) is 0 Å². The van der Waals surface area contributed by atoms with Crippen LogP contribution >= 0.6 is 0 Å². The molecular weight excluding hydrogens is 473 g/mol. The number of carboxylic acids is 1. The summed E-state index contributed by atoms with van der Waals surface area (Å²) in [7, 11) is 5.42. The second-order valence-electron chi connectivity index (χ2n) is 11.4. The van der Waals surface area contributed by atoms with Crippen LogP contribution in [0.4, 0.5) is 4.39 Å². The van der Waals surface area contributed by atoms with E-state index in [0.29, 0.717) is 12.0 Å². The maximum atomic E-state index is 14.0. The zero-order chi connectivity index (χ0) is 26.6. The first-order valence-corrected chi connectivity index (χ1v) is 13.8. The average molecular weight is 516 g/mol. The molecule has 7 nitrogen and oxygen atoms in total. The molecule has 3 aliphatic rings. The number of carboxylic acid groups (broad SMARTS) is 1. The number of hydrogen-bond acceptors (Lipinski definition) is 6. The summed E-state index contributed by atoms with van der Waals surface area (Å²) in [5.74, 6) is -1.07. The van der Waals surface area contributed by atoms with E-state index in [1.165, 1.54) is 19.6 Å². The summed E-state index contributed by atoms with van der Waals surface area (Å²) in [6, 6.07) is 7.01. The van der Waals surface area contributed by atoms with E-state index in [0.717, 1.165) is 56.9 Å². The Balaban J connectivity index is 1.57. The minimum atomic E-state index is -1.34. The lowest BCUT2D eigenvalue weighted by Crippen LogP contribution is -2.58. The van der Waals surface area contributed by atoms with Crippen LogP contribution in [0.3, 0.4) is 0 Å². The van der Waals surface area contributed by atoms with Crippen LogP contribution in [0.1, 0.15) is 82.2 Å². The lowest BCUT2D eigenvalue weighted by Gasteiger charge is -2.47. The number of carbonyl (C=O) groups is 2. The van der Waals surface area contributed by atoms with Gasteiger partial charge in [-0.15, -0.1) is 0 Å². The van der Waals surface area contributed by atoms with Crippen LogP contribution in [0.15, 0.2) is 29.3 Å². The van der Waals surface area contributed by atoms with Gasteiger partial charge < -0.3 is 19.6 Å². The molecule has 4 rings (SSSR count). The van der Waals surface area contributed by atoms with Crippen LogP contribution in [0, 0.1) is 17.7 Å². The molecule has 1 aromatic rings. The van der Waals surface area contributed by atoms with E-state index in [9.17, 15) is 19.1 Å². The highest BCUT2D eigenvalue weighted by atomic mass is 19.1. The van der Waals surface area contributed by atoms with Crippen LogP contribution in [-0.2, 0) is 14.3 Å². The Morgan fingerprint density at radius 1 is 1.16 bits per heavy atom. The fourth-order valence-electron chi connectivity index (χ4n) is 7.25. The van der Waals surface area contributed by atoms with E-state index in [1.54, 1.807) is 18.5 Å². The van der Waals surface area contributed by atoms with E-state index in [2.05, 4.69) is 14.8 Å². The second-order valence-corrected chi connectivity index (χ2v) is 11.4. The molecule has 3 atom stereocenters. The number of aliphatic carboxylic acids is 1. The molecule has 0 amide bonds. The second kappa shape index (κ2) is 11.9. The molecule has 2 saturated carbocycles. The molecule has 1 aromatic carbocycles. The third-order valence-electron chi connectivity index (χ3n) is 8.99. The largest absolute Gasteiger partial charge is 0.479 e. The van der Waals surface area contributed by atoms with Gasteiger partial charge in [0.15, 0.2) is 5.54 Å². The third-order valence-corrected chi connectivity index (χ3v) is 8.99. The highest BCUT2D eigenvalue weighted by Gasteiger charge is 2.56. The molecule has 0 spiro atoms. The zero-order valence-electron chi connectivity index (χ0n) is 22.4. The molecule has 1 heterocycles. The smallest absolute Gasteiger partial charge is 0.333 e. The van der Waals surface area contributed by atoms with Gasteiger partial charge in [-0.3, -0.25) is 9.79 Å². The predicted molar refractivity (Wildman–Crippen MR) is 141 cm³/mol. The number of halogens is 1. The summed E-state index contributed by atoms with van der Waals surface area (Å²) < 4.78 is 18.9. The molecule has 8 heteroatoms. The number of benzene rings is 1. The Morgan fingerprint density at radius 2 is 1.86 bits per heavy atom. The van der Waals surface area contributed by atoms with Crippen molar-refractivity contribution in [3.63, 3.8) is 0 Å². The zero-order valence-corrected chi connectivity index (χ0v) is 22.4. The van der Waals surface area contributed by atoms with Crippen molar-refractivity contribution in [3.05, 3.63) is 35.6 Å². The third kappa shape index (κ3) is 5.84. The fourth-order valence-corrected chi connectivity index (χ4v) is 7.25. The van der Waals surface area contributed by atoms with Gasteiger partial charge in [-0.05, 0) is 88.6 Å². The van der Waals surface area contributed by atoms with Crippen molar-refractivity contribution in [2.75, 3.05) is 21.2 Å². The van der Waals surface area contributed by atoms with Crippen LogP contribution < -0.4 is 0 Å². The molecule has 204 valence electrons. The number of carbonyl (C=O) groups excluding carboxylic acids is 1. The Labute approximate surface area is 220 Å². The standard InChI is InChI=1S/C29H42FN3O4/c1-32(2)26(22-8-7-9-23(30)18-22)20-12-14-21(15-13-20)27-29(28(35)36,17-16-25(34)37-3)31-19-33(27)24-10-5-4-6-11-24/h7-9,18-21,24,26-27H,4-6,10-17H2,1-3H3,(H,35,36). The van der Waals surface area contributed by atoms with Crippen LogP contribution in [0.5, 0.6) is 0 Å². The fraction of sp³-hybridized carbons (Fsp3) is 0.690. The van der Waals surface area contributed by atoms with Crippen LogP contribution in [0.2, 0.25) is 0 Å². The SMILES string of the molecule is COC(=O)CCC1(C(=O)O)N=CN(C2CCCCC2)C1C1CCC(C(c2cccc(F)c2)N(C)C)CC1. The Hall–Kier alpha value is -2.48. The molecule has 0 aromatic heterocycles. The van der Waals surface area contributed by atoms with Gasteiger partial charge in [0.2, 0.25) is 0 Å². The molecule has 0 radical (unpaired) electrons. The van der Waals surface area contributed by atoms with Crippen molar-refractivity contribution in [2.45, 2.75) is 94.3 Å². The Morgan fingerprint density at radius 3 is 2.46 bits per heavy atom. The summed E-state index contributed by atoms with van der Waals surface area (Å²) in [5, 5.41) is 10.5. The van der Waals surface area contributed by atoms with E-state index in [-0.39, 0.29) is 36.7 Å². The average Bonchev–Trinajstić information content (AvgIpc) is 3.29. The van der Waals surface area contributed by atoms with Gasteiger partial charge in [0, 0.05) is 18.5 Å². The number of esters is 1. The van der Waals surface area contributed by atoms with Crippen molar-refractivity contribution in [1.29, 1.82) is 0 Å². The Bertz CT molecular complexity index is 972. The summed E-state index contributed by atoms with van der Waals surface area (Å²) in [4.78, 5) is 34.0. The summed E-state index contributed by atoms with van der Waals surface area (Å²) >= 11 is 0. The van der Waals surface area contributed by atoms with Gasteiger partial charge in [0.25, 0.3) is 0 Å². The number of rotatable bonds is 9. The lowest BCUT2D eigenvalue weighted by atomic mass is 9.68. The van der Waals surface area contributed by atoms with E-state index >= 15 is 0 Å². The van der Waals surface area contributed by atoms with Crippen molar-refractivity contribution in [1.82, 2.24) is 9.80 Å². The monoisotopic (exact) mass is 515 g/mol. The number of nitrogens with zero attached hydrogens (tertiary/aromatic N) is 3. The topological polar surface area (TPSA) is 82.4 Å². The van der Waals surface area contributed by atoms with Gasteiger partial charge in [-0.25, -0.2) is 9.18 Å². The van der Waals surface area contributed by atoms with Gasteiger partial charge >= 0.3 is 11.9 Å². The van der Waals surface area contributed by atoms with Gasteiger partial charge in [-0.1, -0.05) is 31.4 Å². The molecule has 2 fully saturated rings. The number of aliphatic imine (C=N–C) groups is 1. The first-order chi connectivity index (χ1) is 17.8. The summed E-state index contributed by atoms with van der Waals surface area (Å²) in [6.07, 6.45) is 11.2. The van der Waals surface area contributed by atoms with Crippen LogP contribution in [-0.4, -0.2) is 72.0 Å². The Kier molecular flexibility index (Phi) is 8.88. The number of ether oxygens (including phenoxy) is 1. The van der Waals surface area contributed by atoms with Crippen LogP contribution in [0.25, 0.3) is 0 Å². The summed E-state index contributed by atoms with van der Waals surface area (Å²) in [6.45, 7) is 0. The molecule has 0 saturated heterocycles. The van der Waals surface area contributed by atoms with Crippen molar-refractivity contribution in [2.24, 2.45) is 16.8 Å². The van der Waals surface area contributed by atoms with Crippen molar-refractivity contribution >= 4 is 18.3 Å². The molecule has 37 heavy (non-hydrogen) atoms. The first-order valence-electron chi connectivity index (χ1n) is 13.8. The minimum absolute atomic E-state index is 0.0345.